The summed E-state index contributed by atoms with van der Waals surface area (Å²) in [5.41, 5.74) is -0.860. The smallest absolute Gasteiger partial charge is 0.313 e. The van der Waals surface area contributed by atoms with Gasteiger partial charge in [0.25, 0.3) is 5.56 Å². The molecule has 0 aliphatic carbocycles. The Balaban J connectivity index is 2.45. The summed E-state index contributed by atoms with van der Waals surface area (Å²) < 4.78 is 1.21. The Hall–Kier alpha value is -1.69. The van der Waals surface area contributed by atoms with E-state index < -0.39 is 11.2 Å². The lowest BCUT2D eigenvalue weighted by molar-refractivity contribution is 0.101. The molecule has 6 nitrogen and oxygen atoms in total. The summed E-state index contributed by atoms with van der Waals surface area (Å²) >= 11 is 0. The molecule has 1 aliphatic heterocycles. The van der Waals surface area contributed by atoms with Crippen LogP contribution in [0.3, 0.4) is 0 Å². The lowest BCUT2D eigenvalue weighted by Gasteiger charge is -2.35. The van der Waals surface area contributed by atoms with Crippen LogP contribution < -0.4 is 11.2 Å². The van der Waals surface area contributed by atoms with Crippen LogP contribution >= 0.6 is 0 Å². The summed E-state index contributed by atoms with van der Waals surface area (Å²) in [6, 6.07) is 0.174. The summed E-state index contributed by atoms with van der Waals surface area (Å²) in [6.45, 7) is 4.24. The number of piperidine rings is 1. The van der Waals surface area contributed by atoms with Crippen LogP contribution in [-0.2, 0) is 0 Å². The number of rotatable bonds is 2. The summed E-state index contributed by atoms with van der Waals surface area (Å²) in [6.07, 6.45) is 2.69. The average Bonchev–Trinajstić information content (AvgIpc) is 2.33. The third-order valence-corrected chi connectivity index (χ3v) is 3.93. The number of nitrogens with one attached hydrogen (secondary N) is 1. The molecule has 2 heterocycles. The monoisotopic (exact) mass is 265 g/mol. The highest BCUT2D eigenvalue weighted by Crippen LogP contribution is 2.23. The first-order valence-corrected chi connectivity index (χ1v) is 6.47. The van der Waals surface area contributed by atoms with Crippen molar-refractivity contribution in [2.24, 2.45) is 0 Å². The third-order valence-electron chi connectivity index (χ3n) is 3.93. The van der Waals surface area contributed by atoms with Gasteiger partial charge in [-0.1, -0.05) is 0 Å². The number of aromatic nitrogens is 2. The molecule has 0 amide bonds. The Labute approximate surface area is 111 Å². The van der Waals surface area contributed by atoms with Crippen LogP contribution in [-0.4, -0.2) is 39.9 Å². The Bertz CT molecular complexity index is 602. The zero-order valence-electron chi connectivity index (χ0n) is 11.5. The molecule has 0 radical (unpaired) electrons. The number of likely N-dealkylation sites (tertiary alicyclic amines) is 1. The van der Waals surface area contributed by atoms with Crippen molar-refractivity contribution in [1.29, 1.82) is 0 Å². The maximum Gasteiger partial charge on any atom is 0.328 e. The van der Waals surface area contributed by atoms with Gasteiger partial charge in [0, 0.05) is 24.8 Å². The Morgan fingerprint density at radius 1 is 1.42 bits per heavy atom. The fourth-order valence-corrected chi connectivity index (χ4v) is 2.57. The van der Waals surface area contributed by atoms with Crippen molar-refractivity contribution >= 4 is 5.78 Å². The SMILES string of the molecule is CC(=O)c1c[nH]c(=O)n(C2CCN(C)C(C)C2)c1=O. The fourth-order valence-electron chi connectivity index (χ4n) is 2.57. The van der Waals surface area contributed by atoms with Gasteiger partial charge >= 0.3 is 5.69 Å². The zero-order chi connectivity index (χ0) is 14.2. The van der Waals surface area contributed by atoms with Crippen molar-refractivity contribution in [3.05, 3.63) is 32.6 Å². The van der Waals surface area contributed by atoms with Crippen LogP contribution in [0.1, 0.15) is 43.1 Å². The molecule has 0 spiro atoms. The largest absolute Gasteiger partial charge is 0.328 e. The van der Waals surface area contributed by atoms with E-state index in [0.29, 0.717) is 6.04 Å². The highest BCUT2D eigenvalue weighted by atomic mass is 16.2. The van der Waals surface area contributed by atoms with Crippen molar-refractivity contribution in [3.63, 3.8) is 0 Å². The Morgan fingerprint density at radius 2 is 2.11 bits per heavy atom. The summed E-state index contributed by atoms with van der Waals surface area (Å²) in [5, 5.41) is 0. The molecule has 0 aromatic carbocycles. The third kappa shape index (κ3) is 2.53. The first-order valence-electron chi connectivity index (χ1n) is 6.47. The second-order valence-corrected chi connectivity index (χ2v) is 5.25. The molecule has 1 saturated heterocycles. The normalized spacial score (nSPS) is 24.4. The highest BCUT2D eigenvalue weighted by Gasteiger charge is 2.27. The number of H-pyrrole nitrogens is 1. The van der Waals surface area contributed by atoms with E-state index in [0.717, 1.165) is 19.4 Å². The summed E-state index contributed by atoms with van der Waals surface area (Å²) in [5.74, 6) is -0.323. The standard InChI is InChI=1S/C13H19N3O3/c1-8-6-10(4-5-15(8)3)16-12(18)11(9(2)17)7-14-13(16)19/h7-8,10H,4-6H2,1-3H3,(H,14,19). The van der Waals surface area contributed by atoms with Gasteiger partial charge < -0.3 is 9.88 Å². The van der Waals surface area contributed by atoms with Crippen LogP contribution in [0.4, 0.5) is 0 Å². The molecule has 0 saturated carbocycles. The summed E-state index contributed by atoms with van der Waals surface area (Å²) in [7, 11) is 2.03. The molecular formula is C13H19N3O3. The minimum Gasteiger partial charge on any atom is -0.313 e. The maximum absolute atomic E-state index is 12.2. The Kier molecular flexibility index (Phi) is 3.71. The topological polar surface area (TPSA) is 75.2 Å². The lowest BCUT2D eigenvalue weighted by Crippen LogP contribution is -2.46. The second kappa shape index (κ2) is 5.13. The maximum atomic E-state index is 12.2. The lowest BCUT2D eigenvalue weighted by atomic mass is 9.98. The van der Waals surface area contributed by atoms with Crippen LogP contribution in [0.15, 0.2) is 15.8 Å². The molecule has 1 N–H and O–H groups in total. The molecule has 104 valence electrons. The number of Topliss-reactive ketones (excluding diaryl/α,β-unsaturated/α-hetero) is 1. The van der Waals surface area contributed by atoms with Crippen molar-refractivity contribution in [3.8, 4) is 0 Å². The van der Waals surface area contributed by atoms with Gasteiger partial charge in [-0.05, 0) is 33.7 Å². The van der Waals surface area contributed by atoms with Gasteiger partial charge in [0.2, 0.25) is 0 Å². The molecule has 6 heteroatoms. The molecule has 2 unspecified atom stereocenters. The van der Waals surface area contributed by atoms with E-state index in [1.54, 1.807) is 0 Å². The molecule has 1 aliphatic rings. The molecule has 2 rings (SSSR count). The molecule has 1 aromatic rings. The molecule has 0 bridgehead atoms. The molecule has 1 aromatic heterocycles. The van der Waals surface area contributed by atoms with E-state index >= 15 is 0 Å². The van der Waals surface area contributed by atoms with Gasteiger partial charge in [0.05, 0.1) is 5.56 Å². The average molecular weight is 265 g/mol. The molecular weight excluding hydrogens is 246 g/mol. The molecule has 1 fully saturated rings. The van der Waals surface area contributed by atoms with Crippen LogP contribution in [0.5, 0.6) is 0 Å². The van der Waals surface area contributed by atoms with Crippen molar-refractivity contribution < 1.29 is 4.79 Å². The van der Waals surface area contributed by atoms with E-state index in [-0.39, 0.29) is 17.4 Å². The van der Waals surface area contributed by atoms with Crippen LogP contribution in [0.2, 0.25) is 0 Å². The zero-order valence-corrected chi connectivity index (χ0v) is 11.5. The van der Waals surface area contributed by atoms with Crippen molar-refractivity contribution in [2.45, 2.75) is 38.8 Å². The van der Waals surface area contributed by atoms with Crippen LogP contribution in [0.25, 0.3) is 0 Å². The summed E-state index contributed by atoms with van der Waals surface area (Å²) in [4.78, 5) is 40.2. The van der Waals surface area contributed by atoms with E-state index in [1.165, 1.54) is 17.7 Å². The highest BCUT2D eigenvalue weighted by molar-refractivity contribution is 5.93. The van der Waals surface area contributed by atoms with Gasteiger partial charge in [-0.3, -0.25) is 14.2 Å². The second-order valence-electron chi connectivity index (χ2n) is 5.25. The minimum absolute atomic E-state index is 0.0474. The predicted molar refractivity (Wildman–Crippen MR) is 71.7 cm³/mol. The number of nitrogens with zero attached hydrogens (tertiary/aromatic N) is 2. The van der Waals surface area contributed by atoms with Gasteiger partial charge in [-0.15, -0.1) is 0 Å². The van der Waals surface area contributed by atoms with Gasteiger partial charge in [-0.25, -0.2) is 4.79 Å². The number of ketones is 1. The van der Waals surface area contributed by atoms with Gasteiger partial charge in [-0.2, -0.15) is 0 Å². The minimum atomic E-state index is -0.474. The van der Waals surface area contributed by atoms with Gasteiger partial charge in [0.1, 0.15) is 0 Å². The fraction of sp³-hybridized carbons (Fsp3) is 0.615. The van der Waals surface area contributed by atoms with Crippen LogP contribution in [0, 0.1) is 0 Å². The van der Waals surface area contributed by atoms with E-state index in [9.17, 15) is 14.4 Å². The number of aromatic amines is 1. The van der Waals surface area contributed by atoms with Crippen molar-refractivity contribution in [1.82, 2.24) is 14.5 Å². The molecule has 19 heavy (non-hydrogen) atoms. The number of hydrogen-bond acceptors (Lipinski definition) is 4. The predicted octanol–water partition coefficient (Wildman–Crippen LogP) is 0.394. The number of hydrogen-bond donors (Lipinski definition) is 1. The quantitative estimate of drug-likeness (QED) is 0.785. The van der Waals surface area contributed by atoms with E-state index in [4.69, 9.17) is 0 Å². The number of carbonyl (C=O) groups excluding carboxylic acids is 1. The number of carbonyl (C=O) groups is 1. The first kappa shape index (κ1) is 13.7. The van der Waals surface area contributed by atoms with E-state index in [2.05, 4.69) is 16.8 Å². The van der Waals surface area contributed by atoms with Crippen molar-refractivity contribution in [2.75, 3.05) is 13.6 Å². The Morgan fingerprint density at radius 3 is 2.68 bits per heavy atom. The van der Waals surface area contributed by atoms with Gasteiger partial charge in [0.15, 0.2) is 5.78 Å². The molecule has 2 atom stereocenters. The first-order chi connectivity index (χ1) is 8.91. The van der Waals surface area contributed by atoms with E-state index in [1.807, 2.05) is 7.05 Å².